The molecule has 2 nitrogen and oxygen atoms in total. The Hall–Kier alpha value is -1.09. The summed E-state index contributed by atoms with van der Waals surface area (Å²) >= 11 is 0. The second-order valence-electron chi connectivity index (χ2n) is 3.05. The molecule has 0 heterocycles. The number of nitrogens with one attached hydrogen (secondary N) is 1. The summed E-state index contributed by atoms with van der Waals surface area (Å²) in [5.74, 6) is -0.210. The van der Waals surface area contributed by atoms with Crippen LogP contribution in [0, 0.1) is 5.82 Å². The van der Waals surface area contributed by atoms with Gasteiger partial charge in [0.25, 0.3) is 0 Å². The van der Waals surface area contributed by atoms with Gasteiger partial charge in [0.2, 0.25) is 0 Å². The maximum Gasteiger partial charge on any atom is 0.123 e. The summed E-state index contributed by atoms with van der Waals surface area (Å²) in [5.41, 5.74) is 0.923. The van der Waals surface area contributed by atoms with E-state index in [1.807, 2.05) is 0 Å². The topological polar surface area (TPSA) is 21.3 Å². The first kappa shape index (κ1) is 11.0. The largest absolute Gasteiger partial charge is 0.383 e. The zero-order valence-electron chi connectivity index (χ0n) is 8.42. The van der Waals surface area contributed by atoms with Crippen LogP contribution in [-0.2, 0) is 4.74 Å². The first-order valence-electron chi connectivity index (χ1n) is 4.90. The van der Waals surface area contributed by atoms with Gasteiger partial charge in [0.05, 0.1) is 6.61 Å². The summed E-state index contributed by atoms with van der Waals surface area (Å²) in [6.07, 6.45) is 1.04. The second kappa shape index (κ2) is 6.38. The van der Waals surface area contributed by atoms with Crippen molar-refractivity contribution in [2.75, 3.05) is 25.1 Å². The molecule has 0 fully saturated rings. The molecule has 0 radical (unpaired) electrons. The average molecular weight is 197 g/mol. The molecule has 14 heavy (non-hydrogen) atoms. The Labute approximate surface area is 84.1 Å². The lowest BCUT2D eigenvalue weighted by Crippen LogP contribution is -2.09. The van der Waals surface area contributed by atoms with Crippen molar-refractivity contribution in [3.8, 4) is 0 Å². The van der Waals surface area contributed by atoms with E-state index in [4.69, 9.17) is 4.74 Å². The summed E-state index contributed by atoms with van der Waals surface area (Å²) in [6.45, 7) is 4.31. The summed E-state index contributed by atoms with van der Waals surface area (Å²) in [5, 5.41) is 3.14. The fraction of sp³-hybridized carbons (Fsp3) is 0.455. The van der Waals surface area contributed by atoms with E-state index in [-0.39, 0.29) is 5.82 Å². The van der Waals surface area contributed by atoms with Crippen LogP contribution in [0.2, 0.25) is 0 Å². The molecule has 1 N–H and O–H groups in total. The van der Waals surface area contributed by atoms with Crippen molar-refractivity contribution in [2.24, 2.45) is 0 Å². The number of ether oxygens (including phenoxy) is 1. The number of halogens is 1. The van der Waals surface area contributed by atoms with Gasteiger partial charge in [-0.05, 0) is 30.7 Å². The zero-order valence-corrected chi connectivity index (χ0v) is 8.42. The molecule has 0 spiro atoms. The summed E-state index contributed by atoms with van der Waals surface area (Å²) in [6, 6.07) is 6.31. The summed E-state index contributed by atoms with van der Waals surface area (Å²) in [7, 11) is 0. The molecule has 0 aliphatic carbocycles. The molecule has 0 atom stereocenters. The predicted molar refractivity (Wildman–Crippen MR) is 56.0 cm³/mol. The molecule has 0 unspecified atom stereocenters. The van der Waals surface area contributed by atoms with E-state index < -0.39 is 0 Å². The number of hydrogen-bond donors (Lipinski definition) is 1. The lowest BCUT2D eigenvalue weighted by Gasteiger charge is -2.06. The molecular weight excluding hydrogens is 181 g/mol. The number of hydrogen-bond acceptors (Lipinski definition) is 2. The van der Waals surface area contributed by atoms with E-state index >= 15 is 0 Å². The first-order chi connectivity index (χ1) is 6.83. The lowest BCUT2D eigenvalue weighted by molar-refractivity contribution is 0.144. The van der Waals surface area contributed by atoms with Gasteiger partial charge in [-0.3, -0.25) is 0 Å². The van der Waals surface area contributed by atoms with Crippen LogP contribution in [0.4, 0.5) is 10.1 Å². The molecule has 1 aromatic rings. The molecule has 0 bridgehead atoms. The van der Waals surface area contributed by atoms with Crippen molar-refractivity contribution in [1.82, 2.24) is 0 Å². The molecule has 1 rings (SSSR count). The fourth-order valence-electron chi connectivity index (χ4n) is 1.08. The zero-order chi connectivity index (χ0) is 10.2. The highest BCUT2D eigenvalue weighted by Crippen LogP contribution is 2.07. The Morgan fingerprint density at radius 2 is 1.93 bits per heavy atom. The van der Waals surface area contributed by atoms with Gasteiger partial charge >= 0.3 is 0 Å². The van der Waals surface area contributed by atoms with Crippen molar-refractivity contribution in [1.29, 1.82) is 0 Å². The van der Waals surface area contributed by atoms with Gasteiger partial charge in [-0.25, -0.2) is 4.39 Å². The number of anilines is 1. The van der Waals surface area contributed by atoms with Crippen LogP contribution in [0.3, 0.4) is 0 Å². The molecular formula is C11H16FNO. The van der Waals surface area contributed by atoms with Gasteiger partial charge in [-0.1, -0.05) is 6.92 Å². The first-order valence-corrected chi connectivity index (χ1v) is 4.90. The molecule has 0 aliphatic rings. The summed E-state index contributed by atoms with van der Waals surface area (Å²) < 4.78 is 17.8. The van der Waals surface area contributed by atoms with Crippen molar-refractivity contribution < 1.29 is 9.13 Å². The van der Waals surface area contributed by atoms with Crippen molar-refractivity contribution in [3.63, 3.8) is 0 Å². The van der Waals surface area contributed by atoms with Crippen LogP contribution in [0.5, 0.6) is 0 Å². The van der Waals surface area contributed by atoms with Crippen LogP contribution in [0.1, 0.15) is 13.3 Å². The minimum absolute atomic E-state index is 0.210. The highest BCUT2D eigenvalue weighted by molar-refractivity contribution is 5.42. The van der Waals surface area contributed by atoms with Gasteiger partial charge in [0.1, 0.15) is 5.82 Å². The van der Waals surface area contributed by atoms with E-state index in [1.165, 1.54) is 12.1 Å². The minimum atomic E-state index is -0.210. The Kier molecular flexibility index (Phi) is 5.00. The molecule has 0 saturated carbocycles. The van der Waals surface area contributed by atoms with E-state index in [9.17, 15) is 4.39 Å². The Morgan fingerprint density at radius 1 is 1.21 bits per heavy atom. The smallest absolute Gasteiger partial charge is 0.123 e. The van der Waals surface area contributed by atoms with Crippen molar-refractivity contribution in [2.45, 2.75) is 13.3 Å². The second-order valence-corrected chi connectivity index (χ2v) is 3.05. The third-order valence-electron chi connectivity index (χ3n) is 1.77. The van der Waals surface area contributed by atoms with E-state index in [1.54, 1.807) is 12.1 Å². The molecule has 0 amide bonds. The van der Waals surface area contributed by atoms with Crippen LogP contribution in [0.25, 0.3) is 0 Å². The van der Waals surface area contributed by atoms with Crippen LogP contribution >= 0.6 is 0 Å². The van der Waals surface area contributed by atoms with Crippen molar-refractivity contribution in [3.05, 3.63) is 30.1 Å². The quantitative estimate of drug-likeness (QED) is 0.708. The van der Waals surface area contributed by atoms with Gasteiger partial charge < -0.3 is 10.1 Å². The average Bonchev–Trinajstić information content (AvgIpc) is 2.21. The van der Waals surface area contributed by atoms with Crippen LogP contribution in [0.15, 0.2) is 24.3 Å². The molecule has 78 valence electrons. The maximum absolute atomic E-state index is 12.5. The Balaban J connectivity index is 2.15. The SMILES string of the molecule is CCCOCCNc1ccc(F)cc1. The third kappa shape index (κ3) is 4.23. The lowest BCUT2D eigenvalue weighted by atomic mass is 10.3. The highest BCUT2D eigenvalue weighted by atomic mass is 19.1. The Bertz CT molecular complexity index is 248. The Morgan fingerprint density at radius 3 is 2.57 bits per heavy atom. The number of rotatable bonds is 6. The summed E-state index contributed by atoms with van der Waals surface area (Å²) in [4.78, 5) is 0. The minimum Gasteiger partial charge on any atom is -0.383 e. The molecule has 0 saturated heterocycles. The van der Waals surface area contributed by atoms with Crippen molar-refractivity contribution >= 4 is 5.69 Å². The molecule has 1 aromatic carbocycles. The van der Waals surface area contributed by atoms with Gasteiger partial charge in [-0.2, -0.15) is 0 Å². The standard InChI is InChI=1S/C11H16FNO/c1-2-8-14-9-7-13-11-5-3-10(12)4-6-11/h3-6,13H,2,7-9H2,1H3. The number of benzene rings is 1. The van der Waals surface area contributed by atoms with E-state index in [0.29, 0.717) is 6.61 Å². The van der Waals surface area contributed by atoms with Gasteiger partial charge in [0.15, 0.2) is 0 Å². The third-order valence-corrected chi connectivity index (χ3v) is 1.77. The van der Waals surface area contributed by atoms with Gasteiger partial charge in [0, 0.05) is 18.8 Å². The van der Waals surface area contributed by atoms with E-state index in [2.05, 4.69) is 12.2 Å². The fourth-order valence-corrected chi connectivity index (χ4v) is 1.08. The highest BCUT2D eigenvalue weighted by Gasteiger charge is 1.92. The van der Waals surface area contributed by atoms with E-state index in [0.717, 1.165) is 25.3 Å². The molecule has 0 aromatic heterocycles. The normalized spacial score (nSPS) is 10.1. The predicted octanol–water partition coefficient (Wildman–Crippen LogP) is 2.66. The maximum atomic E-state index is 12.5. The molecule has 3 heteroatoms. The van der Waals surface area contributed by atoms with Gasteiger partial charge in [-0.15, -0.1) is 0 Å². The molecule has 0 aliphatic heterocycles. The van der Waals surface area contributed by atoms with Crippen LogP contribution in [-0.4, -0.2) is 19.8 Å². The van der Waals surface area contributed by atoms with Crippen LogP contribution < -0.4 is 5.32 Å². The monoisotopic (exact) mass is 197 g/mol.